The van der Waals surface area contributed by atoms with Crippen LogP contribution in [0.3, 0.4) is 0 Å². The van der Waals surface area contributed by atoms with Crippen LogP contribution in [0.5, 0.6) is 0 Å². The summed E-state index contributed by atoms with van der Waals surface area (Å²) in [6.45, 7) is 4.30. The second-order valence-corrected chi connectivity index (χ2v) is 1.97. The van der Waals surface area contributed by atoms with E-state index in [1.165, 1.54) is 0 Å². The van der Waals surface area contributed by atoms with Crippen molar-refractivity contribution < 1.29 is 19.7 Å². The summed E-state index contributed by atoms with van der Waals surface area (Å²) in [5, 5.41) is 7.90. The molecule has 0 aliphatic carbocycles. The lowest BCUT2D eigenvalue weighted by Gasteiger charge is -2.05. The molecule has 0 aromatic rings. The van der Waals surface area contributed by atoms with Crippen molar-refractivity contribution in [1.29, 1.82) is 0 Å². The predicted molar refractivity (Wildman–Crippen MR) is 34.4 cm³/mol. The average Bonchev–Trinajstić information content (AvgIpc) is 1.98. The smallest absolute Gasteiger partial charge is 0.347 e. The fourth-order valence-corrected chi connectivity index (χ4v) is 0.453. The van der Waals surface area contributed by atoms with Gasteiger partial charge in [0.05, 0.1) is 12.5 Å². The molecule has 0 fully saturated rings. The summed E-state index contributed by atoms with van der Waals surface area (Å²) in [5.74, 6) is -1.06. The maximum absolute atomic E-state index is 10.5. The summed E-state index contributed by atoms with van der Waals surface area (Å²) in [5.41, 5.74) is 0. The van der Waals surface area contributed by atoms with E-state index in [9.17, 15) is 4.79 Å². The minimum atomic E-state index is -0.659. The molecule has 1 unspecified atom stereocenters. The Kier molecular flexibility index (Phi) is 4.88. The van der Waals surface area contributed by atoms with Gasteiger partial charge < -0.3 is 9.62 Å². The van der Waals surface area contributed by atoms with Gasteiger partial charge in [-0.05, 0) is 13.8 Å². The van der Waals surface area contributed by atoms with Gasteiger partial charge in [-0.25, -0.2) is 4.79 Å². The van der Waals surface area contributed by atoms with Gasteiger partial charge in [0.15, 0.2) is 0 Å². The molecule has 0 aromatic heterocycles. The number of hydrogen-bond donors (Lipinski definition) is 1. The maximum Gasteiger partial charge on any atom is 0.347 e. The Morgan fingerprint density at radius 2 is 2.30 bits per heavy atom. The van der Waals surface area contributed by atoms with E-state index in [1.807, 2.05) is 6.92 Å². The van der Waals surface area contributed by atoms with Crippen LogP contribution in [0.15, 0.2) is 0 Å². The van der Waals surface area contributed by atoms with E-state index in [0.29, 0.717) is 6.61 Å². The number of rotatable bonds is 4. The first kappa shape index (κ1) is 9.39. The van der Waals surface area contributed by atoms with Gasteiger partial charge in [-0.3, -0.25) is 0 Å². The van der Waals surface area contributed by atoms with Gasteiger partial charge in [-0.15, -0.1) is 0 Å². The second-order valence-electron chi connectivity index (χ2n) is 1.97. The van der Waals surface area contributed by atoms with Crippen molar-refractivity contribution in [2.75, 3.05) is 13.2 Å². The van der Waals surface area contributed by atoms with Crippen LogP contribution in [-0.2, 0) is 14.4 Å². The van der Waals surface area contributed by atoms with Crippen LogP contribution in [0.4, 0.5) is 0 Å². The fourth-order valence-electron chi connectivity index (χ4n) is 0.453. The molecule has 0 aromatic carbocycles. The van der Waals surface area contributed by atoms with E-state index in [2.05, 4.69) is 4.89 Å². The van der Waals surface area contributed by atoms with Gasteiger partial charge in [-0.2, -0.15) is 5.26 Å². The van der Waals surface area contributed by atoms with Crippen molar-refractivity contribution in [3.8, 4) is 0 Å². The Hall–Kier alpha value is -0.610. The van der Waals surface area contributed by atoms with Crippen molar-refractivity contribution in [1.82, 2.24) is 0 Å². The third kappa shape index (κ3) is 3.42. The monoisotopic (exact) mass is 148 g/mol. The van der Waals surface area contributed by atoms with E-state index in [0.717, 1.165) is 0 Å². The molecule has 0 saturated carbocycles. The number of ether oxygens (including phenoxy) is 1. The first-order valence-corrected chi connectivity index (χ1v) is 3.15. The van der Waals surface area contributed by atoms with Crippen molar-refractivity contribution in [2.45, 2.75) is 13.8 Å². The largest absolute Gasteiger partial charge is 0.381 e. The Balaban J connectivity index is 3.41. The molecule has 0 rings (SSSR count). The first-order valence-electron chi connectivity index (χ1n) is 3.15. The summed E-state index contributed by atoms with van der Waals surface area (Å²) >= 11 is 0. The van der Waals surface area contributed by atoms with Crippen molar-refractivity contribution >= 4 is 5.97 Å². The third-order valence-corrected chi connectivity index (χ3v) is 1.06. The van der Waals surface area contributed by atoms with Gasteiger partial charge >= 0.3 is 5.97 Å². The van der Waals surface area contributed by atoms with Crippen molar-refractivity contribution in [3.05, 3.63) is 0 Å². The van der Waals surface area contributed by atoms with E-state index in [1.54, 1.807) is 6.92 Å². The second kappa shape index (κ2) is 5.20. The van der Waals surface area contributed by atoms with Gasteiger partial charge in [-0.1, -0.05) is 0 Å². The fraction of sp³-hybridized carbons (Fsp3) is 0.833. The molecule has 0 heterocycles. The predicted octanol–water partition coefficient (Wildman–Crippen LogP) is 0.675. The first-order chi connectivity index (χ1) is 4.72. The lowest BCUT2D eigenvalue weighted by molar-refractivity contribution is -0.239. The van der Waals surface area contributed by atoms with Gasteiger partial charge in [0.2, 0.25) is 0 Å². The van der Waals surface area contributed by atoms with Crippen molar-refractivity contribution in [2.24, 2.45) is 5.92 Å². The van der Waals surface area contributed by atoms with Crippen LogP contribution < -0.4 is 0 Å². The normalized spacial score (nSPS) is 12.7. The van der Waals surface area contributed by atoms with Crippen molar-refractivity contribution in [3.63, 3.8) is 0 Å². The number of carbonyl (C=O) groups is 1. The minimum Gasteiger partial charge on any atom is -0.381 e. The van der Waals surface area contributed by atoms with E-state index in [4.69, 9.17) is 9.99 Å². The van der Waals surface area contributed by atoms with Gasteiger partial charge in [0, 0.05) is 6.61 Å². The van der Waals surface area contributed by atoms with E-state index >= 15 is 0 Å². The maximum atomic E-state index is 10.5. The summed E-state index contributed by atoms with van der Waals surface area (Å²) in [7, 11) is 0. The van der Waals surface area contributed by atoms with Crippen LogP contribution in [0.2, 0.25) is 0 Å². The molecular formula is C6H12O4. The highest BCUT2D eigenvalue weighted by atomic mass is 17.1. The quantitative estimate of drug-likeness (QED) is 0.470. The highest BCUT2D eigenvalue weighted by Gasteiger charge is 2.13. The summed E-state index contributed by atoms with van der Waals surface area (Å²) in [6, 6.07) is 0. The molecule has 0 bridgehead atoms. The van der Waals surface area contributed by atoms with Crippen LogP contribution in [0.25, 0.3) is 0 Å². The van der Waals surface area contributed by atoms with Crippen LogP contribution >= 0.6 is 0 Å². The molecule has 60 valence electrons. The average molecular weight is 148 g/mol. The van der Waals surface area contributed by atoms with Crippen LogP contribution in [0.1, 0.15) is 13.8 Å². The molecule has 0 radical (unpaired) electrons. The zero-order chi connectivity index (χ0) is 7.98. The molecule has 0 amide bonds. The summed E-state index contributed by atoms with van der Waals surface area (Å²) < 4.78 is 4.91. The zero-order valence-electron chi connectivity index (χ0n) is 6.16. The Bertz CT molecular complexity index is 102. The highest BCUT2D eigenvalue weighted by molar-refractivity contribution is 5.71. The Labute approximate surface area is 59.7 Å². The molecule has 0 aliphatic rings. The molecular weight excluding hydrogens is 136 g/mol. The topological polar surface area (TPSA) is 55.8 Å². The SMILES string of the molecule is CCOCC(C)C(=O)OO. The van der Waals surface area contributed by atoms with Gasteiger partial charge in [0.1, 0.15) is 0 Å². The standard InChI is InChI=1S/C6H12O4/c1-3-9-4-5(2)6(7)10-8/h5,8H,3-4H2,1-2H3. The van der Waals surface area contributed by atoms with E-state index < -0.39 is 11.9 Å². The number of carbonyl (C=O) groups excluding carboxylic acids is 1. The highest BCUT2D eigenvalue weighted by Crippen LogP contribution is 1.97. The molecule has 0 spiro atoms. The summed E-state index contributed by atoms with van der Waals surface area (Å²) in [6.07, 6.45) is 0. The van der Waals surface area contributed by atoms with E-state index in [-0.39, 0.29) is 6.61 Å². The molecule has 0 aliphatic heterocycles. The summed E-state index contributed by atoms with van der Waals surface area (Å²) in [4.78, 5) is 14.0. The zero-order valence-corrected chi connectivity index (χ0v) is 6.16. The molecule has 0 saturated heterocycles. The van der Waals surface area contributed by atoms with Crippen LogP contribution in [0, 0.1) is 5.92 Å². The molecule has 4 heteroatoms. The number of hydrogen-bond acceptors (Lipinski definition) is 4. The molecule has 4 nitrogen and oxygen atoms in total. The molecule has 1 N–H and O–H groups in total. The Morgan fingerprint density at radius 3 is 2.70 bits per heavy atom. The molecule has 10 heavy (non-hydrogen) atoms. The Morgan fingerprint density at radius 1 is 1.70 bits per heavy atom. The minimum absolute atomic E-state index is 0.288. The van der Waals surface area contributed by atoms with Gasteiger partial charge in [0.25, 0.3) is 0 Å². The van der Waals surface area contributed by atoms with Crippen LogP contribution in [-0.4, -0.2) is 24.4 Å². The third-order valence-electron chi connectivity index (χ3n) is 1.06. The lowest BCUT2D eigenvalue weighted by Crippen LogP contribution is -2.18. The lowest BCUT2D eigenvalue weighted by atomic mass is 10.2. The molecule has 1 atom stereocenters.